The van der Waals surface area contributed by atoms with Crippen LogP contribution in [0.1, 0.15) is 36.4 Å². The van der Waals surface area contributed by atoms with Crippen molar-refractivity contribution in [1.82, 2.24) is 20.1 Å². The van der Waals surface area contributed by atoms with Crippen molar-refractivity contribution in [1.29, 1.82) is 0 Å². The lowest BCUT2D eigenvalue weighted by Gasteiger charge is -2.39. The van der Waals surface area contributed by atoms with Crippen molar-refractivity contribution in [3.05, 3.63) is 61.9 Å². The maximum absolute atomic E-state index is 13.9. The number of hydrogen-bond acceptors (Lipinski definition) is 8. The van der Waals surface area contributed by atoms with Crippen molar-refractivity contribution in [2.75, 3.05) is 32.8 Å². The number of aliphatic imine (C=N–C) groups is 1. The molecule has 2 fully saturated rings. The molecule has 2 saturated heterocycles. The Kier molecular flexibility index (Phi) is 6.99. The number of thiazole rings is 1. The lowest BCUT2D eigenvalue weighted by atomic mass is 9.95. The fraction of sp³-hybridized carbons (Fsp3) is 0.417. The normalized spacial score (nSPS) is 22.7. The summed E-state index contributed by atoms with van der Waals surface area (Å²) in [7, 11) is 0. The Hall–Kier alpha value is -2.63. The molecule has 5 rings (SSSR count). The van der Waals surface area contributed by atoms with Crippen molar-refractivity contribution in [2.45, 2.75) is 31.8 Å². The van der Waals surface area contributed by atoms with Crippen LogP contribution < -0.4 is 5.32 Å². The van der Waals surface area contributed by atoms with E-state index in [1.165, 1.54) is 23.5 Å². The molecule has 1 unspecified atom stereocenters. The Labute approximate surface area is 215 Å². The predicted octanol–water partition coefficient (Wildman–Crippen LogP) is 3.26. The van der Waals surface area contributed by atoms with Gasteiger partial charge in [0.15, 0.2) is 10.8 Å². The topological polar surface area (TPSA) is 87.1 Å². The SMILES string of the molecule is CCOC(=O)C1=C(CN2CCN3C(=O)CCC3C2)NC(c2nccs2)=N[C@H]1c1ccc(F)cc1Br. The molecule has 1 N–H and O–H groups in total. The van der Waals surface area contributed by atoms with Crippen molar-refractivity contribution < 1.29 is 18.7 Å². The molecule has 3 aliphatic heterocycles. The first-order valence-corrected chi connectivity index (χ1v) is 13.2. The first-order valence-electron chi connectivity index (χ1n) is 11.6. The summed E-state index contributed by atoms with van der Waals surface area (Å²) < 4.78 is 19.9. The van der Waals surface area contributed by atoms with Crippen LogP contribution in [-0.2, 0) is 14.3 Å². The number of esters is 1. The van der Waals surface area contributed by atoms with Crippen LogP contribution in [0.2, 0.25) is 0 Å². The van der Waals surface area contributed by atoms with Crippen LogP contribution in [0.15, 0.2) is 50.5 Å². The van der Waals surface area contributed by atoms with Crippen LogP contribution in [0.5, 0.6) is 0 Å². The Bertz CT molecular complexity index is 1200. The third kappa shape index (κ3) is 4.89. The number of amidine groups is 1. The summed E-state index contributed by atoms with van der Waals surface area (Å²) >= 11 is 4.90. The van der Waals surface area contributed by atoms with Crippen LogP contribution in [0.25, 0.3) is 0 Å². The van der Waals surface area contributed by atoms with E-state index in [0.29, 0.717) is 58.2 Å². The van der Waals surface area contributed by atoms with E-state index in [1.54, 1.807) is 19.2 Å². The summed E-state index contributed by atoms with van der Waals surface area (Å²) in [5, 5.41) is 5.92. The predicted molar refractivity (Wildman–Crippen MR) is 133 cm³/mol. The molecule has 0 aliphatic carbocycles. The Morgan fingerprint density at radius 3 is 2.97 bits per heavy atom. The molecule has 0 saturated carbocycles. The standard InChI is InChI=1S/C24H25BrFN5O3S/c1-2-34-24(33)20-18(13-30-8-9-31-15(12-30)4-6-19(31)32)28-22(23-27-7-10-35-23)29-21(20)16-5-3-14(26)11-17(16)25/h3,5,7,10-11,15,21H,2,4,6,8-9,12-13H2,1H3,(H,28,29)/t15?,21-/m0/s1. The number of rotatable bonds is 6. The summed E-state index contributed by atoms with van der Waals surface area (Å²) in [5.74, 6) is -0.0763. The maximum atomic E-state index is 13.9. The Morgan fingerprint density at radius 1 is 1.37 bits per heavy atom. The summed E-state index contributed by atoms with van der Waals surface area (Å²) in [6, 6.07) is 3.86. The summed E-state index contributed by atoms with van der Waals surface area (Å²) in [6.07, 6.45) is 3.15. The highest BCUT2D eigenvalue weighted by Crippen LogP contribution is 2.37. The van der Waals surface area contributed by atoms with Gasteiger partial charge in [-0.15, -0.1) is 11.3 Å². The summed E-state index contributed by atoms with van der Waals surface area (Å²) in [5.41, 5.74) is 1.74. The van der Waals surface area contributed by atoms with E-state index in [2.05, 4.69) is 31.1 Å². The molecule has 3 aliphatic rings. The molecule has 2 aromatic rings. The monoisotopic (exact) mass is 561 g/mol. The molecule has 4 heterocycles. The van der Waals surface area contributed by atoms with Gasteiger partial charge >= 0.3 is 5.97 Å². The van der Waals surface area contributed by atoms with Gasteiger partial charge in [-0.05, 0) is 31.0 Å². The molecule has 0 bridgehead atoms. The van der Waals surface area contributed by atoms with Gasteiger partial charge in [-0.3, -0.25) is 14.7 Å². The average Bonchev–Trinajstić information content (AvgIpc) is 3.49. The van der Waals surface area contributed by atoms with Gasteiger partial charge in [0.05, 0.1) is 12.2 Å². The van der Waals surface area contributed by atoms with Gasteiger partial charge in [0.1, 0.15) is 11.9 Å². The van der Waals surface area contributed by atoms with Gasteiger partial charge in [0.2, 0.25) is 5.91 Å². The highest BCUT2D eigenvalue weighted by molar-refractivity contribution is 9.10. The minimum Gasteiger partial charge on any atom is -0.463 e. The maximum Gasteiger partial charge on any atom is 0.338 e. The van der Waals surface area contributed by atoms with Gasteiger partial charge in [-0.1, -0.05) is 22.0 Å². The van der Waals surface area contributed by atoms with Crippen molar-refractivity contribution in [3.63, 3.8) is 0 Å². The molecule has 35 heavy (non-hydrogen) atoms. The van der Waals surface area contributed by atoms with Crippen LogP contribution in [0.4, 0.5) is 4.39 Å². The van der Waals surface area contributed by atoms with E-state index < -0.39 is 12.0 Å². The second-order valence-electron chi connectivity index (χ2n) is 8.64. The lowest BCUT2D eigenvalue weighted by molar-refractivity contribution is -0.139. The highest BCUT2D eigenvalue weighted by atomic mass is 79.9. The van der Waals surface area contributed by atoms with E-state index in [4.69, 9.17) is 9.73 Å². The fourth-order valence-corrected chi connectivity index (χ4v) is 6.02. The van der Waals surface area contributed by atoms with Crippen molar-refractivity contribution in [3.8, 4) is 0 Å². The van der Waals surface area contributed by atoms with Gasteiger partial charge in [-0.25, -0.2) is 14.2 Å². The molecule has 8 nitrogen and oxygen atoms in total. The number of carbonyl (C=O) groups excluding carboxylic acids is 2. The molecule has 11 heteroatoms. The smallest absolute Gasteiger partial charge is 0.338 e. The first kappa shape index (κ1) is 24.1. The number of hydrogen-bond donors (Lipinski definition) is 1. The quantitative estimate of drug-likeness (QED) is 0.545. The number of nitrogens with zero attached hydrogens (tertiary/aromatic N) is 4. The number of aromatic nitrogens is 1. The van der Waals surface area contributed by atoms with Crippen LogP contribution in [0, 0.1) is 5.82 Å². The molecule has 1 aromatic carbocycles. The number of amides is 1. The van der Waals surface area contributed by atoms with E-state index in [9.17, 15) is 14.0 Å². The molecule has 184 valence electrons. The third-order valence-electron chi connectivity index (χ3n) is 6.47. The average molecular weight is 562 g/mol. The van der Waals surface area contributed by atoms with E-state index in [0.717, 1.165) is 13.0 Å². The van der Waals surface area contributed by atoms with Crippen LogP contribution in [0.3, 0.4) is 0 Å². The number of piperazine rings is 1. The number of fused-ring (bicyclic) bond motifs is 1. The molecular weight excluding hydrogens is 537 g/mol. The zero-order valence-electron chi connectivity index (χ0n) is 19.2. The molecule has 1 amide bonds. The Balaban J connectivity index is 1.54. The second-order valence-corrected chi connectivity index (χ2v) is 10.4. The minimum atomic E-state index is -0.700. The van der Waals surface area contributed by atoms with Crippen molar-refractivity contribution in [2.24, 2.45) is 4.99 Å². The van der Waals surface area contributed by atoms with Crippen molar-refractivity contribution >= 4 is 45.0 Å². The molecular formula is C24H25BrFN5O3S. The van der Waals surface area contributed by atoms with Gasteiger partial charge in [0, 0.05) is 60.4 Å². The number of ether oxygens (including phenoxy) is 1. The minimum absolute atomic E-state index is 0.195. The fourth-order valence-electron chi connectivity index (χ4n) is 4.86. The van der Waals surface area contributed by atoms with E-state index in [-0.39, 0.29) is 24.4 Å². The van der Waals surface area contributed by atoms with Gasteiger partial charge < -0.3 is 15.0 Å². The lowest BCUT2D eigenvalue weighted by Crippen LogP contribution is -2.53. The Morgan fingerprint density at radius 2 is 2.23 bits per heavy atom. The van der Waals surface area contributed by atoms with E-state index >= 15 is 0 Å². The second kappa shape index (κ2) is 10.2. The molecule has 0 spiro atoms. The number of carbonyl (C=O) groups is 2. The number of benzene rings is 1. The van der Waals surface area contributed by atoms with E-state index in [1.807, 2.05) is 10.3 Å². The van der Waals surface area contributed by atoms with Gasteiger partial charge in [0.25, 0.3) is 0 Å². The van der Waals surface area contributed by atoms with Crippen LogP contribution >= 0.6 is 27.3 Å². The van der Waals surface area contributed by atoms with Crippen LogP contribution in [-0.4, -0.2) is 71.3 Å². The summed E-state index contributed by atoms with van der Waals surface area (Å²) in [4.78, 5) is 38.9. The highest BCUT2D eigenvalue weighted by Gasteiger charge is 2.38. The molecule has 2 atom stereocenters. The molecule has 0 radical (unpaired) electrons. The largest absolute Gasteiger partial charge is 0.463 e. The van der Waals surface area contributed by atoms with Gasteiger partial charge in [-0.2, -0.15) is 0 Å². The third-order valence-corrected chi connectivity index (χ3v) is 7.94. The summed E-state index contributed by atoms with van der Waals surface area (Å²) in [6.45, 7) is 4.56. The zero-order valence-corrected chi connectivity index (χ0v) is 21.6. The number of nitrogens with one attached hydrogen (secondary N) is 1. The first-order chi connectivity index (χ1) is 16.9. The number of halogens is 2. The zero-order chi connectivity index (χ0) is 24.5. The molecule has 1 aromatic heterocycles.